The van der Waals surface area contributed by atoms with E-state index in [0.717, 1.165) is 57.3 Å². The maximum absolute atomic E-state index is 13.2. The van der Waals surface area contributed by atoms with E-state index in [1.54, 1.807) is 107 Å². The van der Waals surface area contributed by atoms with E-state index in [1.165, 1.54) is 30.3 Å². The number of imide groups is 4. The highest BCUT2D eigenvalue weighted by Crippen LogP contribution is 2.33. The van der Waals surface area contributed by atoms with Crippen LogP contribution in [0, 0.1) is 0 Å². The first-order valence-electron chi connectivity index (χ1n) is 32.0. The van der Waals surface area contributed by atoms with Crippen molar-refractivity contribution in [2.24, 2.45) is 21.1 Å². The number of H-pyrrole nitrogens is 1. The third-order valence-electron chi connectivity index (χ3n) is 17.3. The smallest absolute Gasteiger partial charge is 0.497 e. The predicted molar refractivity (Wildman–Crippen MR) is 409 cm³/mol. The molecule has 107 heavy (non-hydrogen) atoms. The van der Waals surface area contributed by atoms with E-state index in [9.17, 15) is 79.4 Å². The number of aromatic nitrogens is 6. The standard InChI is InChI=1S/C21H20BrN3O4.C14H14F3NO6S.C13H12BrN3O3.C13H15NO4.C8H7BrN2O.H2IP.H3N/c1-23-18-11-14(22)5-8-16(18)25(21(23)28)17-9-10-19(26)24(20(17)27)12-13-3-6-15(29-2)7-4-13;1-23-10-4-2-9(3-5-10)8-18-12(19)7-6-11(13(18)20)24-25(21,22)14(15,16)17;1-16-10-6-7(14)2-3-8(10)17(13(16)20)9-4-5-11(18)15-12(9)19;1-18-10-4-2-9(3-5-10)8-14-12(16)7-6-11(15)13(14)17;1-11-7-4-5(9)2-3-6(7)10-8(11)12;1-2;/h3-8,11,17H,9-10,12H2,1-2H3;2-5,11H,6-8H2,1H3;2-3,6,9H,4-5H2,1H3,(H,15,18,19);2-5,11,15H,6-8H2,1H3;2-4H,1H3,(H,10,12);2H2;1H3. The minimum atomic E-state index is -5.93. The lowest BCUT2D eigenvalue weighted by Crippen LogP contribution is -2.49. The van der Waals surface area contributed by atoms with E-state index >= 15 is 0 Å². The molecule has 0 bridgehead atoms. The zero-order valence-corrected chi connectivity index (χ0v) is 66.9. The lowest BCUT2D eigenvalue weighted by molar-refractivity contribution is -0.157. The first-order chi connectivity index (χ1) is 50.2. The molecule has 4 aliphatic heterocycles. The number of aromatic amines is 1. The zero-order valence-electron chi connectivity index (χ0n) is 58.0. The monoisotopic (exact) mass is 1830 g/mol. The molecule has 5 unspecified atom stereocenters. The van der Waals surface area contributed by atoms with Crippen molar-refractivity contribution in [2.45, 2.75) is 101 Å². The number of halogens is 7. The van der Waals surface area contributed by atoms with Gasteiger partial charge in [-0.1, -0.05) is 113 Å². The zero-order chi connectivity index (χ0) is 77.8. The van der Waals surface area contributed by atoms with Crippen LogP contribution in [0.4, 0.5) is 13.2 Å². The van der Waals surface area contributed by atoms with Crippen molar-refractivity contribution in [1.29, 1.82) is 0 Å². The summed E-state index contributed by atoms with van der Waals surface area (Å²) in [7, 11) is 3.77. The van der Waals surface area contributed by atoms with Crippen LogP contribution >= 0.6 is 76.7 Å². The van der Waals surface area contributed by atoms with Gasteiger partial charge in [-0.25, -0.2) is 18.6 Å². The van der Waals surface area contributed by atoms with E-state index in [2.05, 4.69) is 91.2 Å². The van der Waals surface area contributed by atoms with Crippen LogP contribution < -0.4 is 42.7 Å². The number of rotatable bonds is 13. The fourth-order valence-corrected chi connectivity index (χ4v) is 13.3. The normalized spacial score (nSPS) is 17.4. The third-order valence-corrected chi connectivity index (χ3v) is 19.8. The van der Waals surface area contributed by atoms with Crippen molar-refractivity contribution in [3.8, 4) is 17.2 Å². The largest absolute Gasteiger partial charge is 0.523 e. The Morgan fingerprint density at radius 2 is 0.888 bits per heavy atom. The topological polar surface area (TPSA) is 376 Å². The third kappa shape index (κ3) is 20.4. The average molecular weight is 1830 g/mol. The van der Waals surface area contributed by atoms with Gasteiger partial charge >= 0.3 is 32.7 Å². The molecular weight excluding hydrogens is 1760 g/mol. The van der Waals surface area contributed by atoms with Gasteiger partial charge in [0.15, 0.2) is 6.10 Å². The van der Waals surface area contributed by atoms with Gasteiger partial charge in [0.2, 0.25) is 29.5 Å². The Morgan fingerprint density at radius 3 is 1.32 bits per heavy atom. The number of likely N-dealkylation sites (tertiary alicyclic amines) is 3. The number of aliphatic hydroxyl groups is 1. The number of hydrogen-bond donors (Lipinski definition) is 4. The highest BCUT2D eigenvalue weighted by atomic mass is 127. The summed E-state index contributed by atoms with van der Waals surface area (Å²) >= 11 is 12.2. The number of alkyl halides is 3. The Kier molecular flexibility index (Phi) is 29.9. The summed E-state index contributed by atoms with van der Waals surface area (Å²) in [5.74, 6) is -1.81. The van der Waals surface area contributed by atoms with Crippen molar-refractivity contribution in [3.05, 3.63) is 189 Å². The number of nitrogens with zero attached hydrogens (tertiary/aromatic N) is 8. The summed E-state index contributed by atoms with van der Waals surface area (Å²) in [6.07, 6.45) is -2.14. The summed E-state index contributed by atoms with van der Waals surface area (Å²) in [5, 5.41) is 11.7. The SMILES string of the molecule is COc1ccc(CN2C(=O)CCC(O)C2=O)cc1.COc1ccc(CN2C(=O)CCC(OS(=O)(=O)C(F)(F)F)C2=O)cc1.COc1ccc(CN2C(=O)CCC(n3c(=O)n(C)c4cc(Br)ccc43)C2=O)cc1.Cn1c(=O)[nH]c2ccc(Br)cc21.Cn1c(=O)n(C2CCC(=O)NC2=O)c2ccc(Br)cc21.N.PI. The fourth-order valence-electron chi connectivity index (χ4n) is 11.6. The first kappa shape index (κ1) is 85.6. The molecule has 5 atom stereocenters. The Bertz CT molecular complexity index is 5110. The van der Waals surface area contributed by atoms with Crippen molar-refractivity contribution in [2.75, 3.05) is 21.3 Å². The summed E-state index contributed by atoms with van der Waals surface area (Å²) in [5.41, 5.74) is 0.537. The molecule has 0 radical (unpaired) electrons. The number of aryl methyl sites for hydroxylation is 3. The van der Waals surface area contributed by atoms with Gasteiger partial charge in [-0.05, 0) is 133 Å². The van der Waals surface area contributed by atoms with Gasteiger partial charge in [-0.15, -0.1) is 0 Å². The number of fused-ring (bicyclic) bond motifs is 3. The van der Waals surface area contributed by atoms with Crippen molar-refractivity contribution >= 4 is 167 Å². The molecule has 9 aromatic rings. The Balaban J connectivity index is 0.000000189. The molecule has 0 aliphatic carbocycles. The lowest BCUT2D eigenvalue weighted by atomic mass is 10.0. The van der Waals surface area contributed by atoms with Gasteiger partial charge in [-0.2, -0.15) is 21.6 Å². The van der Waals surface area contributed by atoms with Crippen LogP contribution in [0.15, 0.2) is 155 Å². The summed E-state index contributed by atoms with van der Waals surface area (Å²) in [6, 6.07) is 35.9. The van der Waals surface area contributed by atoms with Gasteiger partial charge in [-0.3, -0.25) is 81.2 Å². The van der Waals surface area contributed by atoms with E-state index < -0.39 is 70.0 Å². The second-order valence-electron chi connectivity index (χ2n) is 23.9. The second kappa shape index (κ2) is 37.4. The highest BCUT2D eigenvalue weighted by Gasteiger charge is 2.51. The number of imidazole rings is 3. The molecule has 4 aliphatic rings. The van der Waals surface area contributed by atoms with Crippen molar-refractivity contribution in [3.63, 3.8) is 0 Å². The quantitative estimate of drug-likeness (QED) is 0.0274. The van der Waals surface area contributed by atoms with Crippen LogP contribution in [0.3, 0.4) is 0 Å². The summed E-state index contributed by atoms with van der Waals surface area (Å²) in [6.45, 7) is 2.54. The number of carbonyl (C=O) groups excluding carboxylic acids is 8. The maximum Gasteiger partial charge on any atom is 0.523 e. The highest BCUT2D eigenvalue weighted by molar-refractivity contribution is 14.2. The van der Waals surface area contributed by atoms with Gasteiger partial charge in [0, 0.05) is 60.2 Å². The molecule has 4 saturated heterocycles. The van der Waals surface area contributed by atoms with Crippen LogP contribution in [0.2, 0.25) is 0 Å². The number of hydrogen-bond acceptors (Lipinski definition) is 19. The number of methoxy groups -OCH3 is 3. The molecule has 0 saturated carbocycles. The van der Waals surface area contributed by atoms with Crippen LogP contribution in [-0.2, 0) is 93.4 Å². The fraction of sp³-hybridized carbons (Fsp3) is 0.319. The number of ether oxygens (including phenoxy) is 3. The molecule has 38 heteroatoms. The van der Waals surface area contributed by atoms with Gasteiger partial charge in [0.05, 0.1) is 74.1 Å². The molecule has 6 aromatic carbocycles. The molecule has 8 amide bonds. The number of carbonyl (C=O) groups is 8. The van der Waals surface area contributed by atoms with Crippen molar-refractivity contribution in [1.82, 2.24) is 54.0 Å². The number of aliphatic hydroxyl groups excluding tert-OH is 1. The Labute approximate surface area is 649 Å². The molecular formula is C69H73Br3F3IN11O18PS. The number of nitrogens with one attached hydrogen (secondary N) is 2. The molecule has 0 spiro atoms. The first-order valence-corrected chi connectivity index (χ1v) is 39.9. The number of benzene rings is 6. The van der Waals surface area contributed by atoms with Crippen LogP contribution in [0.25, 0.3) is 33.1 Å². The van der Waals surface area contributed by atoms with Crippen molar-refractivity contribution < 1.29 is 83.4 Å². The van der Waals surface area contributed by atoms with Crippen LogP contribution in [-0.4, -0.2) is 142 Å². The Hall–Kier alpha value is -8.69. The van der Waals surface area contributed by atoms with Crippen LogP contribution in [0.1, 0.15) is 80.1 Å². The summed E-state index contributed by atoms with van der Waals surface area (Å²) < 4.78 is 88.7. The van der Waals surface area contributed by atoms with Gasteiger partial charge in [0.25, 0.3) is 17.7 Å². The second-order valence-corrected chi connectivity index (χ2v) is 28.2. The average Bonchev–Trinajstić information content (AvgIpc) is 1.64. The van der Waals surface area contributed by atoms with E-state index in [1.807, 2.05) is 60.7 Å². The summed E-state index contributed by atoms with van der Waals surface area (Å²) in [4.78, 5) is 139. The lowest BCUT2D eigenvalue weighted by Gasteiger charge is -2.31. The molecule has 13 rings (SSSR count). The van der Waals surface area contributed by atoms with E-state index in [0.29, 0.717) is 45.8 Å². The maximum atomic E-state index is 13.2. The number of amides is 8. The molecule has 3 aromatic heterocycles. The van der Waals surface area contributed by atoms with Crippen LogP contribution in [0.5, 0.6) is 17.2 Å². The molecule has 7 heterocycles. The predicted octanol–water partition coefficient (Wildman–Crippen LogP) is 9.37. The van der Waals surface area contributed by atoms with E-state index in [4.69, 9.17) is 14.2 Å². The molecule has 572 valence electrons. The minimum absolute atomic E-state index is 0. The minimum Gasteiger partial charge on any atom is -0.497 e. The Morgan fingerprint density at radius 1 is 0.505 bits per heavy atom. The molecule has 29 nitrogen and oxygen atoms in total. The van der Waals surface area contributed by atoms with Gasteiger partial charge in [0.1, 0.15) is 35.4 Å². The van der Waals surface area contributed by atoms with E-state index in [-0.39, 0.29) is 98.6 Å². The van der Waals surface area contributed by atoms with Gasteiger partial charge < -0.3 is 30.5 Å². The molecule has 6 N–H and O–H groups in total. The molecule has 4 fully saturated rings. The number of piperidine rings is 4.